The van der Waals surface area contributed by atoms with Gasteiger partial charge in [0.15, 0.2) is 11.5 Å². The van der Waals surface area contributed by atoms with Crippen LogP contribution in [-0.2, 0) is 4.74 Å². The summed E-state index contributed by atoms with van der Waals surface area (Å²) in [6, 6.07) is 4.58. The first kappa shape index (κ1) is 12.9. The minimum atomic E-state index is -3.57. The molecule has 0 atom stereocenters. The molecular formula is C12H15F2NO3. The Kier molecular flexibility index (Phi) is 3.56. The van der Waals surface area contributed by atoms with Gasteiger partial charge in [0.1, 0.15) is 0 Å². The van der Waals surface area contributed by atoms with Crippen molar-refractivity contribution in [3.63, 3.8) is 0 Å². The molecule has 0 radical (unpaired) electrons. The highest BCUT2D eigenvalue weighted by Gasteiger charge is 2.43. The van der Waals surface area contributed by atoms with Crippen LogP contribution in [0.25, 0.3) is 0 Å². The van der Waals surface area contributed by atoms with E-state index in [1.165, 1.54) is 12.1 Å². The van der Waals surface area contributed by atoms with Crippen molar-refractivity contribution < 1.29 is 23.0 Å². The van der Waals surface area contributed by atoms with Gasteiger partial charge in [-0.1, -0.05) is 0 Å². The fourth-order valence-corrected chi connectivity index (χ4v) is 1.55. The number of halogens is 2. The Balaban J connectivity index is 1.89. The van der Waals surface area contributed by atoms with Crippen LogP contribution in [0.2, 0.25) is 0 Å². The Morgan fingerprint density at radius 2 is 2.00 bits per heavy atom. The lowest BCUT2D eigenvalue weighted by Crippen LogP contribution is -2.25. The fraction of sp³-hybridized carbons (Fsp3) is 0.500. The largest absolute Gasteiger partial charge is 0.586 e. The lowest BCUT2D eigenvalue weighted by molar-refractivity contribution is -0.286. The predicted molar refractivity (Wildman–Crippen MR) is 62.2 cm³/mol. The van der Waals surface area contributed by atoms with Gasteiger partial charge in [-0.3, -0.25) is 0 Å². The topological polar surface area (TPSA) is 39.7 Å². The molecule has 0 unspecified atom stereocenters. The second kappa shape index (κ2) is 4.97. The molecule has 0 saturated carbocycles. The normalized spacial score (nSPS) is 16.1. The first-order valence-electron chi connectivity index (χ1n) is 5.72. The molecule has 0 fully saturated rings. The number of ether oxygens (including phenoxy) is 3. The Hall–Kier alpha value is -1.56. The van der Waals surface area contributed by atoms with Gasteiger partial charge < -0.3 is 19.5 Å². The molecule has 1 aliphatic rings. The third-order valence-electron chi connectivity index (χ3n) is 2.28. The molecular weight excluding hydrogens is 244 g/mol. The molecule has 18 heavy (non-hydrogen) atoms. The molecule has 6 heteroatoms. The lowest BCUT2D eigenvalue weighted by atomic mass is 10.3. The first-order chi connectivity index (χ1) is 8.46. The van der Waals surface area contributed by atoms with Gasteiger partial charge in [-0.2, -0.15) is 0 Å². The summed E-state index contributed by atoms with van der Waals surface area (Å²) in [5.74, 6) is 0.0822. The van der Waals surface area contributed by atoms with E-state index < -0.39 is 6.29 Å². The number of rotatable bonds is 5. The van der Waals surface area contributed by atoms with Crippen LogP contribution >= 0.6 is 0 Å². The number of alkyl halides is 2. The highest BCUT2D eigenvalue weighted by atomic mass is 19.3. The second-order valence-corrected chi connectivity index (χ2v) is 4.18. The summed E-state index contributed by atoms with van der Waals surface area (Å²) in [5.41, 5.74) is 0.683. The molecule has 100 valence electrons. The molecule has 0 aromatic heterocycles. The van der Waals surface area contributed by atoms with Crippen molar-refractivity contribution in [2.75, 3.05) is 18.5 Å². The van der Waals surface area contributed by atoms with Gasteiger partial charge in [0.05, 0.1) is 12.7 Å². The van der Waals surface area contributed by atoms with Crippen molar-refractivity contribution in [3.8, 4) is 11.5 Å². The van der Waals surface area contributed by atoms with Gasteiger partial charge in [0, 0.05) is 18.3 Å². The number of fused-ring (bicyclic) bond motifs is 1. The van der Waals surface area contributed by atoms with E-state index in [2.05, 4.69) is 14.8 Å². The molecule has 0 aliphatic carbocycles. The van der Waals surface area contributed by atoms with Crippen molar-refractivity contribution >= 4 is 5.69 Å². The minimum Gasteiger partial charge on any atom is -0.395 e. The van der Waals surface area contributed by atoms with E-state index in [1.54, 1.807) is 6.07 Å². The van der Waals surface area contributed by atoms with E-state index in [0.717, 1.165) is 0 Å². The van der Waals surface area contributed by atoms with Gasteiger partial charge in [-0.05, 0) is 26.0 Å². The van der Waals surface area contributed by atoms with Crippen LogP contribution in [0, 0.1) is 0 Å². The van der Waals surface area contributed by atoms with E-state index in [0.29, 0.717) is 18.8 Å². The summed E-state index contributed by atoms with van der Waals surface area (Å²) in [6.45, 7) is 5.03. The smallest absolute Gasteiger partial charge is 0.395 e. The Labute approximate surface area is 104 Å². The zero-order valence-corrected chi connectivity index (χ0v) is 10.2. The molecule has 1 heterocycles. The quantitative estimate of drug-likeness (QED) is 0.825. The molecule has 1 aromatic carbocycles. The van der Waals surface area contributed by atoms with Gasteiger partial charge in [-0.15, -0.1) is 8.78 Å². The van der Waals surface area contributed by atoms with Crippen LogP contribution < -0.4 is 14.8 Å². The molecule has 1 aromatic rings. The average Bonchev–Trinajstić information content (AvgIpc) is 2.57. The number of benzene rings is 1. The molecule has 0 bridgehead atoms. The second-order valence-electron chi connectivity index (χ2n) is 4.18. The molecule has 0 spiro atoms. The van der Waals surface area contributed by atoms with Gasteiger partial charge in [0.2, 0.25) is 0 Å². The summed E-state index contributed by atoms with van der Waals surface area (Å²) in [4.78, 5) is 0. The van der Waals surface area contributed by atoms with Gasteiger partial charge >= 0.3 is 6.29 Å². The van der Waals surface area contributed by atoms with E-state index >= 15 is 0 Å². The Bertz CT molecular complexity index is 424. The van der Waals surface area contributed by atoms with Gasteiger partial charge in [-0.25, -0.2) is 0 Å². The maximum Gasteiger partial charge on any atom is 0.586 e. The maximum absolute atomic E-state index is 12.8. The Morgan fingerprint density at radius 1 is 1.28 bits per heavy atom. The monoisotopic (exact) mass is 259 g/mol. The van der Waals surface area contributed by atoms with Crippen LogP contribution in [0.3, 0.4) is 0 Å². The van der Waals surface area contributed by atoms with Crippen LogP contribution in [0.5, 0.6) is 11.5 Å². The SMILES string of the molecule is CC(C)OCCNc1ccc2c(c1)OC(F)(F)O2. The third-order valence-corrected chi connectivity index (χ3v) is 2.28. The Morgan fingerprint density at radius 3 is 2.72 bits per heavy atom. The molecule has 4 nitrogen and oxygen atoms in total. The molecule has 0 amide bonds. The van der Waals surface area contributed by atoms with Crippen molar-refractivity contribution in [2.24, 2.45) is 0 Å². The number of hydrogen-bond donors (Lipinski definition) is 1. The molecule has 1 N–H and O–H groups in total. The summed E-state index contributed by atoms with van der Waals surface area (Å²) in [7, 11) is 0. The molecule has 0 saturated heterocycles. The fourth-order valence-electron chi connectivity index (χ4n) is 1.55. The predicted octanol–water partition coefficient (Wildman–Crippen LogP) is 2.85. The maximum atomic E-state index is 12.8. The minimum absolute atomic E-state index is 0.0368. The zero-order valence-electron chi connectivity index (χ0n) is 10.2. The van der Waals surface area contributed by atoms with Crippen LogP contribution in [0.15, 0.2) is 18.2 Å². The summed E-state index contributed by atoms with van der Waals surface area (Å²) >= 11 is 0. The third kappa shape index (κ3) is 3.22. The van der Waals surface area contributed by atoms with Crippen LogP contribution in [0.4, 0.5) is 14.5 Å². The summed E-state index contributed by atoms with van der Waals surface area (Å²) in [6.07, 6.45) is -3.40. The molecule has 1 aliphatic heterocycles. The summed E-state index contributed by atoms with van der Waals surface area (Å²) in [5, 5.41) is 3.05. The highest BCUT2D eigenvalue weighted by Crippen LogP contribution is 2.42. The van der Waals surface area contributed by atoms with Crippen LogP contribution in [0.1, 0.15) is 13.8 Å². The zero-order chi connectivity index (χ0) is 13.2. The van der Waals surface area contributed by atoms with E-state index in [4.69, 9.17) is 4.74 Å². The van der Waals surface area contributed by atoms with Crippen molar-refractivity contribution in [1.82, 2.24) is 0 Å². The standard InChI is InChI=1S/C12H15F2NO3/c1-8(2)16-6-5-15-9-3-4-10-11(7-9)18-12(13,14)17-10/h3-4,7-8,15H,5-6H2,1-2H3. The number of hydrogen-bond acceptors (Lipinski definition) is 4. The summed E-state index contributed by atoms with van der Waals surface area (Å²) < 4.78 is 39.6. The lowest BCUT2D eigenvalue weighted by Gasteiger charge is -2.09. The first-order valence-corrected chi connectivity index (χ1v) is 5.72. The average molecular weight is 259 g/mol. The van der Waals surface area contributed by atoms with Gasteiger partial charge in [0.25, 0.3) is 0 Å². The van der Waals surface area contributed by atoms with Crippen molar-refractivity contribution in [1.29, 1.82) is 0 Å². The van der Waals surface area contributed by atoms with E-state index in [1.807, 2.05) is 13.8 Å². The van der Waals surface area contributed by atoms with E-state index in [-0.39, 0.29) is 17.6 Å². The highest BCUT2D eigenvalue weighted by molar-refractivity contribution is 5.55. The van der Waals surface area contributed by atoms with Crippen molar-refractivity contribution in [3.05, 3.63) is 18.2 Å². The number of anilines is 1. The molecule has 2 rings (SSSR count). The van der Waals surface area contributed by atoms with Crippen molar-refractivity contribution in [2.45, 2.75) is 26.2 Å². The van der Waals surface area contributed by atoms with E-state index in [9.17, 15) is 8.78 Å². The van der Waals surface area contributed by atoms with Crippen LogP contribution in [-0.4, -0.2) is 25.6 Å². The number of nitrogens with one attached hydrogen (secondary N) is 1.